The normalized spacial score (nSPS) is 12.7. The maximum Gasteiger partial charge on any atom is 0.252 e. The summed E-state index contributed by atoms with van der Waals surface area (Å²) in [7, 11) is 0. The van der Waals surface area contributed by atoms with Gasteiger partial charge in [0.05, 0.1) is 5.69 Å². The van der Waals surface area contributed by atoms with Crippen molar-refractivity contribution in [1.82, 2.24) is 0 Å². The number of hydrogen-bond donors (Lipinski definition) is 0. The third kappa shape index (κ3) is 8.87. The largest absolute Gasteiger partial charge is 0.311 e. The molecular formula is C74H62BN3. The Bertz CT molecular complexity index is 3710. The summed E-state index contributed by atoms with van der Waals surface area (Å²) in [5, 5.41) is 0. The molecule has 2 aliphatic rings. The maximum atomic E-state index is 2.55. The Morgan fingerprint density at radius 1 is 0.282 bits per heavy atom. The van der Waals surface area contributed by atoms with Gasteiger partial charge >= 0.3 is 0 Å². The highest BCUT2D eigenvalue weighted by molar-refractivity contribution is 7.00. The minimum atomic E-state index is -0.122. The lowest BCUT2D eigenvalue weighted by Gasteiger charge is -2.45. The van der Waals surface area contributed by atoms with E-state index in [9.17, 15) is 0 Å². The summed E-state index contributed by atoms with van der Waals surface area (Å²) >= 11 is 0. The number of fused-ring (bicyclic) bond motifs is 4. The van der Waals surface area contributed by atoms with E-state index >= 15 is 0 Å². The SMILES string of the molecule is CC(C)(C)c1cccc(N(c2cccc(C(C)(C)C)c2)c2cc3c4c(c2)N(c2ccc(-c5ccccc5)cc2)c2ccc(-c5ccccc5)cc2B4c2cc(-c4ccccc4)ccc2N3c2ccc(-c3ccccc3)cc2)c1. The first-order chi connectivity index (χ1) is 37.9. The van der Waals surface area contributed by atoms with Crippen LogP contribution in [0.1, 0.15) is 52.7 Å². The van der Waals surface area contributed by atoms with Crippen LogP contribution < -0.4 is 31.1 Å². The molecule has 376 valence electrons. The second-order valence-corrected chi connectivity index (χ2v) is 23.0. The molecule has 2 heterocycles. The molecule has 2 aliphatic heterocycles. The smallest absolute Gasteiger partial charge is 0.252 e. The highest BCUT2D eigenvalue weighted by Crippen LogP contribution is 2.50. The van der Waals surface area contributed by atoms with Gasteiger partial charge in [0.1, 0.15) is 0 Å². The quantitative estimate of drug-likeness (QED) is 0.133. The van der Waals surface area contributed by atoms with Gasteiger partial charge in [-0.15, -0.1) is 0 Å². The predicted octanol–water partition coefficient (Wildman–Crippen LogP) is 18.5. The molecule has 0 saturated heterocycles. The summed E-state index contributed by atoms with van der Waals surface area (Å²) in [5.74, 6) is 0. The van der Waals surface area contributed by atoms with E-state index in [1.165, 1.54) is 72.0 Å². The standard InChI is InChI=1S/C74H62BN3/c1-73(2,3)59-29-19-31-63(47-59)76(64-32-20-30-60(48-64)74(4,5)6)65-49-70-72-71(50-65)78(62-41-35-56(36-42-62)52-23-13-8-14-24-52)69-44-38-58(54-27-17-10-18-28-54)46-67(69)75(72)66-45-57(53-25-15-9-16-26-53)37-43-68(66)77(70)61-39-33-55(34-40-61)51-21-11-7-12-22-51/h7-50H,1-6H3. The Hall–Kier alpha value is -9.12. The van der Waals surface area contributed by atoms with E-state index in [1.54, 1.807) is 0 Å². The van der Waals surface area contributed by atoms with Gasteiger partial charge in [-0.05, 0) is 156 Å². The average molecular weight is 1000 g/mol. The van der Waals surface area contributed by atoms with E-state index in [1.807, 2.05) is 0 Å². The molecule has 11 aromatic carbocycles. The average Bonchev–Trinajstić information content (AvgIpc) is 2.93. The lowest BCUT2D eigenvalue weighted by atomic mass is 9.33. The van der Waals surface area contributed by atoms with Crippen LogP contribution in [0, 0.1) is 0 Å². The zero-order chi connectivity index (χ0) is 53.1. The summed E-state index contributed by atoms with van der Waals surface area (Å²) in [6, 6.07) is 99.3. The first-order valence-electron chi connectivity index (χ1n) is 27.4. The van der Waals surface area contributed by atoms with E-state index in [0.29, 0.717) is 0 Å². The molecule has 0 unspecified atom stereocenters. The number of anilines is 9. The number of nitrogens with zero attached hydrogens (tertiary/aromatic N) is 3. The van der Waals surface area contributed by atoms with Gasteiger partial charge in [0.25, 0.3) is 6.71 Å². The first-order valence-corrected chi connectivity index (χ1v) is 27.4. The van der Waals surface area contributed by atoms with E-state index in [0.717, 1.165) is 51.2 Å². The second kappa shape index (κ2) is 19.5. The third-order valence-corrected chi connectivity index (χ3v) is 15.9. The molecule has 0 radical (unpaired) electrons. The second-order valence-electron chi connectivity index (χ2n) is 23.0. The van der Waals surface area contributed by atoms with Crippen LogP contribution >= 0.6 is 0 Å². The molecule has 0 aromatic heterocycles. The Morgan fingerprint density at radius 2 is 0.615 bits per heavy atom. The molecule has 4 heteroatoms. The fourth-order valence-corrected chi connectivity index (χ4v) is 11.8. The number of benzene rings is 11. The van der Waals surface area contributed by atoms with E-state index in [2.05, 4.69) is 323 Å². The molecule has 0 atom stereocenters. The Labute approximate surface area is 461 Å². The molecule has 0 spiro atoms. The van der Waals surface area contributed by atoms with Crippen molar-refractivity contribution in [3.05, 3.63) is 278 Å². The van der Waals surface area contributed by atoms with Crippen molar-refractivity contribution in [2.75, 3.05) is 14.7 Å². The van der Waals surface area contributed by atoms with Crippen molar-refractivity contribution in [1.29, 1.82) is 0 Å². The van der Waals surface area contributed by atoms with Gasteiger partial charge in [-0.3, -0.25) is 0 Å². The van der Waals surface area contributed by atoms with Crippen molar-refractivity contribution in [3.8, 4) is 44.5 Å². The van der Waals surface area contributed by atoms with Crippen LogP contribution in [0.4, 0.5) is 51.2 Å². The monoisotopic (exact) mass is 1000 g/mol. The van der Waals surface area contributed by atoms with Crippen molar-refractivity contribution < 1.29 is 0 Å². The van der Waals surface area contributed by atoms with Gasteiger partial charge < -0.3 is 14.7 Å². The van der Waals surface area contributed by atoms with Gasteiger partial charge in [0.15, 0.2) is 0 Å². The highest BCUT2D eigenvalue weighted by Gasteiger charge is 2.44. The Balaban J connectivity index is 1.14. The molecule has 0 aliphatic carbocycles. The fraction of sp³-hybridized carbons (Fsp3) is 0.108. The van der Waals surface area contributed by atoms with Crippen LogP contribution in [0.2, 0.25) is 0 Å². The third-order valence-electron chi connectivity index (χ3n) is 15.9. The summed E-state index contributed by atoms with van der Waals surface area (Å²) in [6.45, 7) is 13.7. The lowest BCUT2D eigenvalue weighted by molar-refractivity contribution is 0.590. The molecular weight excluding hydrogens is 942 g/mol. The highest BCUT2D eigenvalue weighted by atomic mass is 15.2. The molecule has 0 fully saturated rings. The van der Waals surface area contributed by atoms with Gasteiger partial charge in [-0.1, -0.05) is 236 Å². The molecule has 0 saturated carbocycles. The van der Waals surface area contributed by atoms with Crippen molar-refractivity contribution in [2.45, 2.75) is 52.4 Å². The van der Waals surface area contributed by atoms with E-state index in [4.69, 9.17) is 0 Å². The topological polar surface area (TPSA) is 9.72 Å². The van der Waals surface area contributed by atoms with Crippen LogP contribution in [-0.2, 0) is 10.8 Å². The number of hydrogen-bond acceptors (Lipinski definition) is 3. The lowest BCUT2D eigenvalue weighted by Crippen LogP contribution is -2.61. The van der Waals surface area contributed by atoms with Crippen LogP contribution in [0.5, 0.6) is 0 Å². The Morgan fingerprint density at radius 3 is 0.974 bits per heavy atom. The van der Waals surface area contributed by atoms with Crippen LogP contribution in [0.15, 0.2) is 267 Å². The van der Waals surface area contributed by atoms with Crippen molar-refractivity contribution in [3.63, 3.8) is 0 Å². The van der Waals surface area contributed by atoms with E-state index < -0.39 is 0 Å². The summed E-state index contributed by atoms with van der Waals surface area (Å²) in [6.07, 6.45) is 0. The van der Waals surface area contributed by atoms with Crippen LogP contribution in [0.3, 0.4) is 0 Å². The predicted molar refractivity (Wildman–Crippen MR) is 334 cm³/mol. The van der Waals surface area contributed by atoms with Gasteiger partial charge in [0, 0.05) is 45.5 Å². The van der Waals surface area contributed by atoms with Crippen molar-refractivity contribution >= 4 is 74.3 Å². The molecule has 3 nitrogen and oxygen atoms in total. The summed E-state index contributed by atoms with van der Waals surface area (Å²) < 4.78 is 0. The van der Waals surface area contributed by atoms with Crippen molar-refractivity contribution in [2.24, 2.45) is 0 Å². The minimum absolute atomic E-state index is 0.0694. The zero-order valence-electron chi connectivity index (χ0n) is 45.3. The van der Waals surface area contributed by atoms with E-state index in [-0.39, 0.29) is 17.5 Å². The summed E-state index contributed by atoms with van der Waals surface area (Å²) in [4.78, 5) is 7.61. The molecule has 0 N–H and O–H groups in total. The zero-order valence-corrected chi connectivity index (χ0v) is 45.3. The molecule has 78 heavy (non-hydrogen) atoms. The first kappa shape index (κ1) is 48.5. The fourth-order valence-electron chi connectivity index (χ4n) is 11.8. The van der Waals surface area contributed by atoms with Crippen LogP contribution in [0.25, 0.3) is 44.5 Å². The van der Waals surface area contributed by atoms with Gasteiger partial charge in [0.2, 0.25) is 0 Å². The maximum absolute atomic E-state index is 2.55. The van der Waals surface area contributed by atoms with Gasteiger partial charge in [-0.2, -0.15) is 0 Å². The van der Waals surface area contributed by atoms with Gasteiger partial charge in [-0.25, -0.2) is 0 Å². The Kier molecular flexibility index (Phi) is 12.1. The molecule has 13 rings (SSSR count). The summed E-state index contributed by atoms with van der Waals surface area (Å²) in [5.41, 5.74) is 25.9. The molecule has 0 bridgehead atoms. The van der Waals surface area contributed by atoms with Crippen LogP contribution in [-0.4, -0.2) is 6.71 Å². The molecule has 11 aromatic rings. The minimum Gasteiger partial charge on any atom is -0.311 e. The number of rotatable bonds is 9. The molecule has 0 amide bonds.